The summed E-state index contributed by atoms with van der Waals surface area (Å²) in [4.78, 5) is 0. The van der Waals surface area contributed by atoms with Crippen molar-refractivity contribution in [3.8, 4) is 0 Å². The molecule has 0 aliphatic heterocycles. The Balaban J connectivity index is 3.71. The lowest BCUT2D eigenvalue weighted by atomic mass is 11.0. The Hall–Kier alpha value is -0.610. The molecule has 0 radical (unpaired) electrons. The molecule has 0 aromatic carbocycles. The van der Waals surface area contributed by atoms with Gasteiger partial charge in [-0.3, -0.25) is 0 Å². The molecule has 0 saturated heterocycles. The van der Waals surface area contributed by atoms with E-state index in [0.29, 0.717) is 4.70 Å². The van der Waals surface area contributed by atoms with E-state index in [-0.39, 0.29) is 0 Å². The third-order valence-corrected chi connectivity index (χ3v) is 0.903. The number of nitrogens with one attached hydrogen (secondary N) is 1. The minimum absolute atomic E-state index is 0.358. The maximum Gasteiger partial charge on any atom is 0.144 e. The highest BCUT2D eigenvalue weighted by Gasteiger charge is 2.06. The molecular formula is C4H13N4+. The molecule has 0 heterocycles. The van der Waals surface area contributed by atoms with Crippen molar-refractivity contribution in [1.82, 2.24) is 5.43 Å². The zero-order valence-electron chi connectivity index (χ0n) is 5.55. The highest BCUT2D eigenvalue weighted by Crippen LogP contribution is 1.85. The molecule has 8 heavy (non-hydrogen) atoms. The second-order valence-electron chi connectivity index (χ2n) is 1.88. The average Bonchev–Trinajstić information content (AvgIpc) is 1.67. The quantitative estimate of drug-likeness (QED) is 0.213. The fourth-order valence-electron chi connectivity index (χ4n) is 0.224. The third-order valence-electron chi connectivity index (χ3n) is 0.903. The Bertz CT molecular complexity index is 86.0. The van der Waals surface area contributed by atoms with E-state index in [2.05, 4.69) is 10.5 Å². The Kier molecular flexibility index (Phi) is 2.44. The first kappa shape index (κ1) is 7.39. The number of hydrogen-bond donors (Lipinski definition) is 2. The third kappa shape index (κ3) is 2.54. The van der Waals surface area contributed by atoms with Gasteiger partial charge in [-0.05, 0) is 0 Å². The van der Waals surface area contributed by atoms with E-state index in [1.54, 1.807) is 0 Å². The number of rotatable bonds is 2. The molecule has 0 aromatic rings. The van der Waals surface area contributed by atoms with E-state index in [1.165, 1.54) is 6.34 Å². The standard InChI is InChI=1S/C4H13N4/c1-6-8(2,3)7-4-5/h4,6H,1-3H3,(H2,5,7)/q+1. The molecule has 0 fully saturated rings. The molecule has 4 nitrogen and oxygen atoms in total. The number of nitrogens with two attached hydrogens (primary N) is 1. The average molecular weight is 117 g/mol. The summed E-state index contributed by atoms with van der Waals surface area (Å²) in [7, 11) is 5.57. The van der Waals surface area contributed by atoms with Gasteiger partial charge in [0.15, 0.2) is 0 Å². The normalized spacial score (nSPS) is 12.9. The number of nitrogens with zero attached hydrogens (tertiary/aromatic N) is 2. The Morgan fingerprint density at radius 2 is 2.12 bits per heavy atom. The Morgan fingerprint density at radius 1 is 1.62 bits per heavy atom. The van der Waals surface area contributed by atoms with Gasteiger partial charge >= 0.3 is 0 Å². The number of quaternary nitrogens is 1. The second kappa shape index (κ2) is 2.64. The largest absolute Gasteiger partial charge is 0.385 e. The first-order valence-corrected chi connectivity index (χ1v) is 2.41. The van der Waals surface area contributed by atoms with Gasteiger partial charge in [0.2, 0.25) is 0 Å². The van der Waals surface area contributed by atoms with Crippen molar-refractivity contribution < 1.29 is 4.70 Å². The van der Waals surface area contributed by atoms with Crippen LogP contribution in [0.2, 0.25) is 0 Å². The van der Waals surface area contributed by atoms with Gasteiger partial charge in [-0.15, -0.1) is 10.1 Å². The van der Waals surface area contributed by atoms with Crippen LogP contribution < -0.4 is 11.2 Å². The molecule has 0 atom stereocenters. The predicted molar refractivity (Wildman–Crippen MR) is 33.8 cm³/mol. The van der Waals surface area contributed by atoms with Crippen molar-refractivity contribution in [1.29, 1.82) is 0 Å². The van der Waals surface area contributed by atoms with Gasteiger partial charge in [-0.2, -0.15) is 0 Å². The monoisotopic (exact) mass is 117 g/mol. The lowest BCUT2D eigenvalue weighted by Crippen LogP contribution is -2.44. The van der Waals surface area contributed by atoms with Crippen molar-refractivity contribution in [3.63, 3.8) is 0 Å². The zero-order valence-corrected chi connectivity index (χ0v) is 5.55. The highest BCUT2D eigenvalue weighted by atomic mass is 15.8. The van der Waals surface area contributed by atoms with E-state index in [1.807, 2.05) is 21.1 Å². The topological polar surface area (TPSA) is 50.4 Å². The summed E-state index contributed by atoms with van der Waals surface area (Å²) in [6.45, 7) is 0. The minimum atomic E-state index is 0.358. The molecule has 0 rings (SSSR count). The summed E-state index contributed by atoms with van der Waals surface area (Å²) in [5.41, 5.74) is 7.94. The first-order chi connectivity index (χ1) is 3.62. The fourth-order valence-corrected chi connectivity index (χ4v) is 0.224. The van der Waals surface area contributed by atoms with Crippen molar-refractivity contribution in [2.24, 2.45) is 10.8 Å². The van der Waals surface area contributed by atoms with Crippen molar-refractivity contribution >= 4 is 6.34 Å². The smallest absolute Gasteiger partial charge is 0.144 e. The van der Waals surface area contributed by atoms with Gasteiger partial charge in [0.25, 0.3) is 0 Å². The lowest BCUT2D eigenvalue weighted by molar-refractivity contribution is -0.938. The number of hydrogen-bond acceptors (Lipinski definition) is 2. The summed E-state index contributed by atoms with van der Waals surface area (Å²) >= 11 is 0. The van der Waals surface area contributed by atoms with E-state index in [4.69, 9.17) is 5.73 Å². The van der Waals surface area contributed by atoms with Gasteiger partial charge in [0, 0.05) is 7.05 Å². The molecule has 48 valence electrons. The van der Waals surface area contributed by atoms with Gasteiger partial charge in [0.05, 0.1) is 0 Å². The van der Waals surface area contributed by atoms with Gasteiger partial charge in [-0.1, -0.05) is 5.10 Å². The fraction of sp³-hybridized carbons (Fsp3) is 0.750. The van der Waals surface area contributed by atoms with Gasteiger partial charge in [0.1, 0.15) is 20.4 Å². The molecule has 4 heteroatoms. The van der Waals surface area contributed by atoms with Crippen LogP contribution in [0.1, 0.15) is 0 Å². The molecule has 0 bridgehead atoms. The van der Waals surface area contributed by atoms with E-state index < -0.39 is 0 Å². The summed E-state index contributed by atoms with van der Waals surface area (Å²) < 4.78 is 0.358. The second-order valence-corrected chi connectivity index (χ2v) is 1.88. The van der Waals surface area contributed by atoms with E-state index in [0.717, 1.165) is 0 Å². The van der Waals surface area contributed by atoms with Crippen molar-refractivity contribution in [2.45, 2.75) is 0 Å². The maximum atomic E-state index is 5.04. The molecule has 0 spiro atoms. The summed E-state index contributed by atoms with van der Waals surface area (Å²) in [5.74, 6) is 0. The van der Waals surface area contributed by atoms with Crippen LogP contribution in [0.3, 0.4) is 0 Å². The molecule has 0 saturated carbocycles. The first-order valence-electron chi connectivity index (χ1n) is 2.41. The van der Waals surface area contributed by atoms with Crippen LogP contribution in [0.25, 0.3) is 0 Å². The summed E-state index contributed by atoms with van der Waals surface area (Å²) in [5, 5.41) is 3.85. The Morgan fingerprint density at radius 3 is 2.25 bits per heavy atom. The molecule has 0 aliphatic carbocycles. The lowest BCUT2D eigenvalue weighted by Gasteiger charge is -2.18. The zero-order chi connectivity index (χ0) is 6.62. The summed E-state index contributed by atoms with van der Waals surface area (Å²) in [6, 6.07) is 0. The molecule has 0 aliphatic rings. The van der Waals surface area contributed by atoms with Crippen LogP contribution in [-0.4, -0.2) is 32.2 Å². The molecular weight excluding hydrogens is 104 g/mol. The summed E-state index contributed by atoms with van der Waals surface area (Å²) in [6.07, 6.45) is 1.27. The van der Waals surface area contributed by atoms with Crippen LogP contribution >= 0.6 is 0 Å². The minimum Gasteiger partial charge on any atom is -0.385 e. The van der Waals surface area contributed by atoms with Crippen LogP contribution in [-0.2, 0) is 0 Å². The SMILES string of the molecule is CN[N+](C)(C)N=CN. The van der Waals surface area contributed by atoms with Crippen molar-refractivity contribution in [3.05, 3.63) is 0 Å². The molecule has 0 unspecified atom stereocenters. The van der Waals surface area contributed by atoms with Crippen LogP contribution in [0, 0.1) is 0 Å². The predicted octanol–water partition coefficient (Wildman–Crippen LogP) is -0.901. The van der Waals surface area contributed by atoms with Gasteiger partial charge < -0.3 is 5.73 Å². The van der Waals surface area contributed by atoms with E-state index >= 15 is 0 Å². The van der Waals surface area contributed by atoms with Crippen LogP contribution in [0.5, 0.6) is 0 Å². The molecule has 0 amide bonds. The van der Waals surface area contributed by atoms with Gasteiger partial charge in [-0.25, -0.2) is 0 Å². The Labute approximate surface area is 49.5 Å². The maximum absolute atomic E-state index is 5.04. The molecule has 0 aromatic heterocycles. The van der Waals surface area contributed by atoms with Crippen LogP contribution in [0.15, 0.2) is 5.10 Å². The molecule has 3 N–H and O–H groups in total. The van der Waals surface area contributed by atoms with E-state index in [9.17, 15) is 0 Å². The highest BCUT2D eigenvalue weighted by molar-refractivity contribution is 5.49. The van der Waals surface area contributed by atoms with Crippen molar-refractivity contribution in [2.75, 3.05) is 21.1 Å². The van der Waals surface area contributed by atoms with Crippen LogP contribution in [0.4, 0.5) is 0 Å².